The summed E-state index contributed by atoms with van der Waals surface area (Å²) in [7, 11) is 1.66. The summed E-state index contributed by atoms with van der Waals surface area (Å²) in [4.78, 5) is 0. The number of ether oxygens (including phenoxy) is 3. The SMILES string of the molecule is COC[C@@H]1COc2ccccc2O1. The summed E-state index contributed by atoms with van der Waals surface area (Å²) in [5.74, 6) is 1.62. The molecule has 1 aromatic rings. The van der Waals surface area contributed by atoms with Crippen molar-refractivity contribution >= 4 is 0 Å². The number of benzene rings is 1. The van der Waals surface area contributed by atoms with E-state index < -0.39 is 0 Å². The van der Waals surface area contributed by atoms with Crippen LogP contribution >= 0.6 is 0 Å². The Morgan fingerprint density at radius 3 is 2.92 bits per heavy atom. The Balaban J connectivity index is 2.11. The molecule has 0 saturated carbocycles. The first-order valence-electron chi connectivity index (χ1n) is 4.27. The van der Waals surface area contributed by atoms with Gasteiger partial charge < -0.3 is 14.2 Å². The van der Waals surface area contributed by atoms with Gasteiger partial charge in [-0.25, -0.2) is 0 Å². The van der Waals surface area contributed by atoms with Crippen LogP contribution in [0, 0.1) is 0 Å². The second-order valence-corrected chi connectivity index (χ2v) is 2.95. The fourth-order valence-electron chi connectivity index (χ4n) is 1.33. The van der Waals surface area contributed by atoms with Crippen LogP contribution in [0.3, 0.4) is 0 Å². The Hall–Kier alpha value is -1.22. The molecule has 0 aliphatic carbocycles. The van der Waals surface area contributed by atoms with Crippen molar-refractivity contribution in [3.05, 3.63) is 24.3 Å². The Morgan fingerprint density at radius 2 is 2.15 bits per heavy atom. The van der Waals surface area contributed by atoms with Crippen molar-refractivity contribution in [2.45, 2.75) is 6.10 Å². The van der Waals surface area contributed by atoms with E-state index in [2.05, 4.69) is 0 Å². The minimum atomic E-state index is 0.0138. The Morgan fingerprint density at radius 1 is 1.38 bits per heavy atom. The van der Waals surface area contributed by atoms with E-state index in [1.54, 1.807) is 7.11 Å². The van der Waals surface area contributed by atoms with E-state index in [9.17, 15) is 0 Å². The highest BCUT2D eigenvalue weighted by atomic mass is 16.6. The molecule has 2 rings (SSSR count). The Bertz CT molecular complexity index is 285. The van der Waals surface area contributed by atoms with Gasteiger partial charge in [0.15, 0.2) is 17.6 Å². The van der Waals surface area contributed by atoms with Gasteiger partial charge in [-0.15, -0.1) is 0 Å². The molecule has 0 amide bonds. The topological polar surface area (TPSA) is 27.7 Å². The number of fused-ring (bicyclic) bond motifs is 1. The summed E-state index contributed by atoms with van der Waals surface area (Å²) < 4.78 is 16.1. The van der Waals surface area contributed by atoms with E-state index in [4.69, 9.17) is 14.2 Å². The molecule has 0 bridgehead atoms. The lowest BCUT2D eigenvalue weighted by Gasteiger charge is -2.25. The van der Waals surface area contributed by atoms with Crippen LogP contribution in [0.25, 0.3) is 0 Å². The van der Waals surface area contributed by atoms with Crippen LogP contribution in [-0.2, 0) is 4.74 Å². The molecular weight excluding hydrogens is 168 g/mol. The van der Waals surface area contributed by atoms with Gasteiger partial charge in [-0.3, -0.25) is 0 Å². The smallest absolute Gasteiger partial charge is 0.161 e. The minimum Gasteiger partial charge on any atom is -0.486 e. The van der Waals surface area contributed by atoms with Crippen molar-refractivity contribution in [1.29, 1.82) is 0 Å². The molecule has 0 radical (unpaired) electrons. The van der Waals surface area contributed by atoms with E-state index in [0.29, 0.717) is 13.2 Å². The maximum atomic E-state index is 5.62. The quantitative estimate of drug-likeness (QED) is 0.689. The molecule has 3 heteroatoms. The zero-order chi connectivity index (χ0) is 9.10. The van der Waals surface area contributed by atoms with Crippen LogP contribution in [0.2, 0.25) is 0 Å². The van der Waals surface area contributed by atoms with E-state index in [-0.39, 0.29) is 6.10 Å². The molecule has 1 heterocycles. The number of para-hydroxylation sites is 2. The van der Waals surface area contributed by atoms with Gasteiger partial charge in [-0.2, -0.15) is 0 Å². The van der Waals surface area contributed by atoms with Crippen LogP contribution in [0.4, 0.5) is 0 Å². The molecular formula is C10H12O3. The van der Waals surface area contributed by atoms with E-state index in [1.165, 1.54) is 0 Å². The first-order valence-corrected chi connectivity index (χ1v) is 4.27. The van der Waals surface area contributed by atoms with Crippen molar-refractivity contribution in [3.63, 3.8) is 0 Å². The summed E-state index contributed by atoms with van der Waals surface area (Å²) in [6.07, 6.45) is 0.0138. The highest BCUT2D eigenvalue weighted by molar-refractivity contribution is 5.40. The van der Waals surface area contributed by atoms with Crippen LogP contribution < -0.4 is 9.47 Å². The Kier molecular flexibility index (Phi) is 2.36. The zero-order valence-corrected chi connectivity index (χ0v) is 7.53. The third-order valence-electron chi connectivity index (χ3n) is 1.92. The first kappa shape index (κ1) is 8.38. The lowest BCUT2D eigenvalue weighted by atomic mass is 10.3. The number of methoxy groups -OCH3 is 1. The third-order valence-corrected chi connectivity index (χ3v) is 1.92. The van der Waals surface area contributed by atoms with Gasteiger partial charge in [0.2, 0.25) is 0 Å². The highest BCUT2D eigenvalue weighted by Gasteiger charge is 2.19. The summed E-state index contributed by atoms with van der Waals surface area (Å²) in [5, 5.41) is 0. The first-order chi connectivity index (χ1) is 6.40. The van der Waals surface area contributed by atoms with Gasteiger partial charge in [0.1, 0.15) is 6.61 Å². The predicted octanol–water partition coefficient (Wildman–Crippen LogP) is 1.47. The molecule has 0 N–H and O–H groups in total. The summed E-state index contributed by atoms with van der Waals surface area (Å²) in [6, 6.07) is 7.66. The number of hydrogen-bond donors (Lipinski definition) is 0. The largest absolute Gasteiger partial charge is 0.486 e. The van der Waals surface area contributed by atoms with Crippen molar-refractivity contribution in [1.82, 2.24) is 0 Å². The zero-order valence-electron chi connectivity index (χ0n) is 7.53. The van der Waals surface area contributed by atoms with Gasteiger partial charge in [0, 0.05) is 7.11 Å². The monoisotopic (exact) mass is 180 g/mol. The molecule has 0 aromatic heterocycles. The van der Waals surface area contributed by atoms with Crippen LogP contribution in [-0.4, -0.2) is 26.4 Å². The fraction of sp³-hybridized carbons (Fsp3) is 0.400. The minimum absolute atomic E-state index is 0.0138. The third kappa shape index (κ3) is 1.75. The molecule has 1 aromatic carbocycles. The fourth-order valence-corrected chi connectivity index (χ4v) is 1.33. The van der Waals surface area contributed by atoms with Crippen LogP contribution in [0.5, 0.6) is 11.5 Å². The maximum Gasteiger partial charge on any atom is 0.161 e. The van der Waals surface area contributed by atoms with Crippen molar-refractivity contribution in [2.75, 3.05) is 20.3 Å². The van der Waals surface area contributed by atoms with Crippen molar-refractivity contribution in [3.8, 4) is 11.5 Å². The maximum absolute atomic E-state index is 5.62. The van der Waals surface area contributed by atoms with E-state index >= 15 is 0 Å². The summed E-state index contributed by atoms with van der Waals surface area (Å²) in [5.41, 5.74) is 0. The molecule has 3 nitrogen and oxygen atoms in total. The summed E-state index contributed by atoms with van der Waals surface area (Å²) in [6.45, 7) is 1.12. The van der Waals surface area contributed by atoms with Crippen LogP contribution in [0.15, 0.2) is 24.3 Å². The molecule has 0 unspecified atom stereocenters. The molecule has 0 fully saturated rings. The molecule has 1 aliphatic heterocycles. The van der Waals surface area contributed by atoms with Gasteiger partial charge in [0.05, 0.1) is 6.61 Å². The molecule has 0 spiro atoms. The van der Waals surface area contributed by atoms with Gasteiger partial charge in [-0.05, 0) is 12.1 Å². The number of rotatable bonds is 2. The normalized spacial score (nSPS) is 19.9. The van der Waals surface area contributed by atoms with Gasteiger partial charge >= 0.3 is 0 Å². The highest BCUT2D eigenvalue weighted by Crippen LogP contribution is 2.30. The van der Waals surface area contributed by atoms with Crippen molar-refractivity contribution in [2.24, 2.45) is 0 Å². The molecule has 70 valence electrons. The predicted molar refractivity (Wildman–Crippen MR) is 48.2 cm³/mol. The Labute approximate surface area is 77.2 Å². The standard InChI is InChI=1S/C10H12O3/c1-11-6-8-7-12-9-4-2-3-5-10(9)13-8/h2-5,8H,6-7H2,1H3/t8-/m1/s1. The van der Waals surface area contributed by atoms with Crippen LogP contribution in [0.1, 0.15) is 0 Å². The molecule has 1 atom stereocenters. The average Bonchev–Trinajstić information content (AvgIpc) is 2.18. The summed E-state index contributed by atoms with van der Waals surface area (Å²) >= 11 is 0. The van der Waals surface area contributed by atoms with Gasteiger partial charge in [0.25, 0.3) is 0 Å². The van der Waals surface area contributed by atoms with E-state index in [1.807, 2.05) is 24.3 Å². The molecule has 0 saturated heterocycles. The second-order valence-electron chi connectivity index (χ2n) is 2.95. The van der Waals surface area contributed by atoms with Crippen molar-refractivity contribution < 1.29 is 14.2 Å². The molecule has 1 aliphatic rings. The van der Waals surface area contributed by atoms with Gasteiger partial charge in [-0.1, -0.05) is 12.1 Å². The molecule has 13 heavy (non-hydrogen) atoms. The lowest BCUT2D eigenvalue weighted by Crippen LogP contribution is -2.32. The van der Waals surface area contributed by atoms with E-state index in [0.717, 1.165) is 11.5 Å². The number of hydrogen-bond acceptors (Lipinski definition) is 3. The average molecular weight is 180 g/mol. The lowest BCUT2D eigenvalue weighted by molar-refractivity contribution is 0.0272. The second kappa shape index (κ2) is 3.66.